The van der Waals surface area contributed by atoms with Gasteiger partial charge in [0.15, 0.2) is 0 Å². The summed E-state index contributed by atoms with van der Waals surface area (Å²) in [5, 5.41) is 5.99. The van der Waals surface area contributed by atoms with Crippen molar-refractivity contribution in [3.63, 3.8) is 0 Å². The molecule has 0 aliphatic carbocycles. The van der Waals surface area contributed by atoms with Crippen molar-refractivity contribution in [3.8, 4) is 11.1 Å². The zero-order chi connectivity index (χ0) is 30.9. The molecule has 1 saturated heterocycles. The Hall–Kier alpha value is -4.05. The van der Waals surface area contributed by atoms with Crippen LogP contribution in [0.5, 0.6) is 0 Å². The molecule has 1 aromatic carbocycles. The molecule has 43 heavy (non-hydrogen) atoms. The molecular formula is C32H40ClN7O3. The molecule has 10 nitrogen and oxygen atoms in total. The Bertz CT molecular complexity index is 1580. The quantitative estimate of drug-likeness (QED) is 0.290. The van der Waals surface area contributed by atoms with Gasteiger partial charge in [-0.25, -0.2) is 9.78 Å². The monoisotopic (exact) mass is 605 g/mol. The summed E-state index contributed by atoms with van der Waals surface area (Å²) < 4.78 is 7.49. The van der Waals surface area contributed by atoms with E-state index >= 15 is 0 Å². The Balaban J connectivity index is 1.39. The first-order valence-corrected chi connectivity index (χ1v) is 15.0. The summed E-state index contributed by atoms with van der Waals surface area (Å²) in [6, 6.07) is 9.20. The molecule has 228 valence electrons. The van der Waals surface area contributed by atoms with Gasteiger partial charge in [-0.3, -0.25) is 9.48 Å². The molecule has 1 atom stereocenters. The number of anilines is 1. The molecule has 0 spiro atoms. The molecule has 1 aliphatic heterocycles. The van der Waals surface area contributed by atoms with Crippen LogP contribution in [0.2, 0.25) is 5.02 Å². The number of pyridine rings is 1. The highest BCUT2D eigenvalue weighted by Gasteiger charge is 2.34. The number of benzene rings is 1. The summed E-state index contributed by atoms with van der Waals surface area (Å²) in [4.78, 5) is 41.1. The fourth-order valence-corrected chi connectivity index (χ4v) is 5.64. The van der Waals surface area contributed by atoms with Crippen LogP contribution in [0, 0.1) is 0 Å². The maximum atomic E-state index is 14.2. The van der Waals surface area contributed by atoms with Crippen LogP contribution in [0.15, 0.2) is 55.1 Å². The topological polar surface area (TPSA) is 99.6 Å². The number of amides is 2. The van der Waals surface area contributed by atoms with Gasteiger partial charge in [-0.05, 0) is 58.4 Å². The maximum absolute atomic E-state index is 14.2. The van der Waals surface area contributed by atoms with E-state index in [1.165, 1.54) is 0 Å². The molecule has 0 radical (unpaired) electrons. The highest BCUT2D eigenvalue weighted by atomic mass is 35.5. The van der Waals surface area contributed by atoms with Gasteiger partial charge < -0.3 is 24.4 Å². The fourth-order valence-electron chi connectivity index (χ4n) is 5.51. The first-order valence-electron chi connectivity index (χ1n) is 14.6. The summed E-state index contributed by atoms with van der Waals surface area (Å²) in [6.07, 6.45) is 7.18. The summed E-state index contributed by atoms with van der Waals surface area (Å²) in [5.41, 5.74) is 4.06. The summed E-state index contributed by atoms with van der Waals surface area (Å²) in [5.74, 6) is -0.591. The predicted molar refractivity (Wildman–Crippen MR) is 169 cm³/mol. The predicted octanol–water partition coefficient (Wildman–Crippen LogP) is 5.69. The number of aromatic nitrogens is 4. The lowest BCUT2D eigenvalue weighted by Gasteiger charge is -2.39. The van der Waals surface area contributed by atoms with Gasteiger partial charge in [0.05, 0.1) is 17.8 Å². The van der Waals surface area contributed by atoms with Crippen molar-refractivity contribution in [2.75, 3.05) is 37.6 Å². The van der Waals surface area contributed by atoms with Gasteiger partial charge in [0.2, 0.25) is 5.91 Å². The van der Waals surface area contributed by atoms with E-state index in [4.69, 9.17) is 16.3 Å². The molecule has 3 aromatic heterocycles. The van der Waals surface area contributed by atoms with Crippen molar-refractivity contribution in [3.05, 3.63) is 65.7 Å². The Morgan fingerprint density at radius 2 is 1.77 bits per heavy atom. The molecule has 2 amide bonds. The van der Waals surface area contributed by atoms with Gasteiger partial charge in [0.1, 0.15) is 11.2 Å². The lowest BCUT2D eigenvalue weighted by molar-refractivity contribution is -0.133. The Morgan fingerprint density at radius 3 is 2.37 bits per heavy atom. The van der Waals surface area contributed by atoms with Crippen LogP contribution in [0.4, 0.5) is 10.5 Å². The fraction of sp³-hybridized carbons (Fsp3) is 0.438. The number of hydrogen-bond acceptors (Lipinski definition) is 6. The number of H-pyrrole nitrogens is 1. The smallest absolute Gasteiger partial charge is 0.410 e. The van der Waals surface area contributed by atoms with Crippen molar-refractivity contribution in [2.45, 2.75) is 52.2 Å². The van der Waals surface area contributed by atoms with E-state index in [9.17, 15) is 9.59 Å². The third kappa shape index (κ3) is 6.80. The van der Waals surface area contributed by atoms with Crippen LogP contribution in [0.25, 0.3) is 22.2 Å². The number of fused-ring (bicyclic) bond motifs is 1. The first kappa shape index (κ1) is 30.4. The molecule has 4 aromatic rings. The minimum Gasteiger partial charge on any atom is -0.444 e. The van der Waals surface area contributed by atoms with Crippen molar-refractivity contribution >= 4 is 40.3 Å². The van der Waals surface area contributed by atoms with E-state index in [1.54, 1.807) is 21.7 Å². The van der Waals surface area contributed by atoms with Crippen molar-refractivity contribution < 1.29 is 14.3 Å². The number of hydrogen-bond donors (Lipinski definition) is 1. The molecule has 0 bridgehead atoms. The third-order valence-corrected chi connectivity index (χ3v) is 7.93. The number of nitrogens with one attached hydrogen (secondary N) is 1. The standard InChI is InChI=1S/C32H40ClN7O3/c1-21(2)40(31(42)43-32(3,4)5)20-27(22-7-9-24(33)10-8-22)30(41)39-15-13-38(14-16-39)28-25-11-12-34-29(25)35-18-26(28)23-17-36-37(6)19-23/h7-12,17-19,21,27H,13-16,20H2,1-6H3,(H,34,35). The average molecular weight is 606 g/mol. The molecule has 1 fully saturated rings. The number of nitrogens with zero attached hydrogens (tertiary/aromatic N) is 6. The minimum absolute atomic E-state index is 0.0230. The van der Waals surface area contributed by atoms with Crippen LogP contribution in [0.1, 0.15) is 46.1 Å². The maximum Gasteiger partial charge on any atom is 0.410 e. The summed E-state index contributed by atoms with van der Waals surface area (Å²) >= 11 is 6.19. The Kier molecular flexibility index (Phi) is 8.69. The van der Waals surface area contributed by atoms with Gasteiger partial charge in [-0.1, -0.05) is 23.7 Å². The molecule has 1 N–H and O–H groups in total. The number of aryl methyl sites for hydroxylation is 1. The molecule has 1 aliphatic rings. The van der Waals surface area contributed by atoms with Crippen LogP contribution in [-0.4, -0.2) is 85.9 Å². The third-order valence-electron chi connectivity index (χ3n) is 7.68. The van der Waals surface area contributed by atoms with Crippen molar-refractivity contribution in [2.24, 2.45) is 7.05 Å². The normalized spacial score (nSPS) is 14.8. The SMILES string of the molecule is CC(C)N(CC(C(=O)N1CCN(c2c(-c3cnn(C)c3)cnc3[nH]ccc23)CC1)c1ccc(Cl)cc1)C(=O)OC(C)(C)C. The van der Waals surface area contributed by atoms with Gasteiger partial charge in [-0.2, -0.15) is 5.10 Å². The van der Waals surface area contributed by atoms with Crippen molar-refractivity contribution in [1.29, 1.82) is 0 Å². The van der Waals surface area contributed by atoms with Gasteiger partial charge >= 0.3 is 6.09 Å². The Morgan fingerprint density at radius 1 is 1.07 bits per heavy atom. The van der Waals surface area contributed by atoms with E-state index in [0.717, 1.165) is 33.4 Å². The zero-order valence-electron chi connectivity index (χ0n) is 25.7. The molecule has 0 saturated carbocycles. The summed E-state index contributed by atoms with van der Waals surface area (Å²) in [7, 11) is 1.90. The second-order valence-electron chi connectivity index (χ2n) is 12.3. The number of piperazine rings is 1. The lowest BCUT2D eigenvalue weighted by Crippen LogP contribution is -2.52. The molecule has 4 heterocycles. The van der Waals surface area contributed by atoms with E-state index in [-0.39, 0.29) is 18.5 Å². The number of aromatic amines is 1. The van der Waals surface area contributed by atoms with Gasteiger partial charge in [-0.15, -0.1) is 0 Å². The van der Waals surface area contributed by atoms with E-state index in [1.807, 2.05) is 89.6 Å². The van der Waals surface area contributed by atoms with Crippen LogP contribution in [0.3, 0.4) is 0 Å². The number of halogens is 1. The highest BCUT2D eigenvalue weighted by Crippen LogP contribution is 2.37. The lowest BCUT2D eigenvalue weighted by atomic mass is 9.96. The van der Waals surface area contributed by atoms with Gasteiger partial charge in [0.25, 0.3) is 0 Å². The van der Waals surface area contributed by atoms with Gasteiger partial charge in [0, 0.05) is 85.9 Å². The van der Waals surface area contributed by atoms with E-state index in [2.05, 4.69) is 20.0 Å². The molecular weight excluding hydrogens is 566 g/mol. The molecule has 1 unspecified atom stereocenters. The first-order chi connectivity index (χ1) is 20.4. The van der Waals surface area contributed by atoms with Crippen molar-refractivity contribution in [1.82, 2.24) is 29.5 Å². The number of rotatable bonds is 7. The zero-order valence-corrected chi connectivity index (χ0v) is 26.4. The molecule has 5 rings (SSSR count). The van der Waals surface area contributed by atoms with E-state index in [0.29, 0.717) is 31.2 Å². The number of ether oxygens (including phenoxy) is 1. The molecule has 11 heteroatoms. The second kappa shape index (κ2) is 12.3. The average Bonchev–Trinajstić information content (AvgIpc) is 3.61. The largest absolute Gasteiger partial charge is 0.444 e. The van der Waals surface area contributed by atoms with Crippen LogP contribution in [-0.2, 0) is 16.6 Å². The Labute approximate surface area is 257 Å². The highest BCUT2D eigenvalue weighted by molar-refractivity contribution is 6.30. The number of carbonyl (C=O) groups is 2. The summed E-state index contributed by atoms with van der Waals surface area (Å²) in [6.45, 7) is 12.0. The van der Waals surface area contributed by atoms with Crippen LogP contribution >= 0.6 is 11.6 Å². The number of carbonyl (C=O) groups excluding carboxylic acids is 2. The van der Waals surface area contributed by atoms with Crippen LogP contribution < -0.4 is 4.90 Å². The van der Waals surface area contributed by atoms with E-state index < -0.39 is 17.6 Å². The minimum atomic E-state index is -0.646. The second-order valence-corrected chi connectivity index (χ2v) is 12.7.